The minimum atomic E-state index is -1.10. The molecule has 2 N–H and O–H groups in total. The van der Waals surface area contributed by atoms with Gasteiger partial charge in [-0.3, -0.25) is 0 Å². The molecule has 2 aromatic rings. The average Bonchev–Trinajstić information content (AvgIpc) is 2.36. The van der Waals surface area contributed by atoms with Gasteiger partial charge in [-0.25, -0.2) is 9.18 Å². The number of carbonyl (C=O) groups is 1. The van der Waals surface area contributed by atoms with Crippen molar-refractivity contribution in [1.29, 1.82) is 0 Å². The van der Waals surface area contributed by atoms with Gasteiger partial charge in [0.25, 0.3) is 0 Å². The van der Waals surface area contributed by atoms with E-state index in [1.165, 1.54) is 6.07 Å². The predicted molar refractivity (Wildman–Crippen MR) is 76.6 cm³/mol. The lowest BCUT2D eigenvalue weighted by atomic mass is 10.1. The maximum Gasteiger partial charge on any atom is 0.330 e. The van der Waals surface area contributed by atoms with Gasteiger partial charge in [0.05, 0.1) is 0 Å². The molecule has 0 saturated heterocycles. The minimum Gasteiger partial charge on any atom is -0.479 e. The Balaban J connectivity index is 2.37. The van der Waals surface area contributed by atoms with E-state index in [0.717, 1.165) is 17.7 Å². The summed E-state index contributed by atoms with van der Waals surface area (Å²) in [4.78, 5) is 11.4. The average molecular weight is 294 g/mol. The first-order chi connectivity index (χ1) is 9.47. The summed E-state index contributed by atoms with van der Waals surface area (Å²) in [6.45, 7) is 1.86. The van der Waals surface area contributed by atoms with Crippen LogP contribution in [0.3, 0.4) is 0 Å². The number of rotatable bonds is 4. The van der Waals surface area contributed by atoms with Gasteiger partial charge in [-0.15, -0.1) is 0 Å². The highest BCUT2D eigenvalue weighted by molar-refractivity contribution is 6.30. The highest BCUT2D eigenvalue weighted by Gasteiger charge is 2.21. The third-order valence-corrected chi connectivity index (χ3v) is 3.13. The van der Waals surface area contributed by atoms with Gasteiger partial charge in [0.15, 0.2) is 6.04 Å². The van der Waals surface area contributed by atoms with Gasteiger partial charge in [0.2, 0.25) is 0 Å². The Labute approximate surface area is 121 Å². The van der Waals surface area contributed by atoms with Crippen molar-refractivity contribution >= 4 is 23.3 Å². The van der Waals surface area contributed by atoms with Crippen LogP contribution in [-0.2, 0) is 4.79 Å². The summed E-state index contributed by atoms with van der Waals surface area (Å²) in [5.74, 6) is -1.67. The zero-order valence-corrected chi connectivity index (χ0v) is 11.5. The lowest BCUT2D eigenvalue weighted by molar-refractivity contribution is -0.138. The van der Waals surface area contributed by atoms with E-state index in [2.05, 4.69) is 5.32 Å². The fourth-order valence-electron chi connectivity index (χ4n) is 1.92. The first kappa shape index (κ1) is 14.3. The first-order valence-corrected chi connectivity index (χ1v) is 6.36. The molecule has 1 atom stereocenters. The Hall–Kier alpha value is -2.07. The van der Waals surface area contributed by atoms with Gasteiger partial charge in [0, 0.05) is 10.7 Å². The van der Waals surface area contributed by atoms with Crippen LogP contribution in [-0.4, -0.2) is 11.1 Å². The Kier molecular flexibility index (Phi) is 4.25. The maximum absolute atomic E-state index is 13.4. The molecule has 0 fully saturated rings. The van der Waals surface area contributed by atoms with Gasteiger partial charge in [0.1, 0.15) is 5.82 Å². The van der Waals surface area contributed by atoms with E-state index in [0.29, 0.717) is 5.69 Å². The monoisotopic (exact) mass is 293 g/mol. The summed E-state index contributed by atoms with van der Waals surface area (Å²) in [5, 5.41) is 12.4. The van der Waals surface area contributed by atoms with E-state index in [-0.39, 0.29) is 10.6 Å². The van der Waals surface area contributed by atoms with E-state index in [9.17, 15) is 14.3 Å². The van der Waals surface area contributed by atoms with E-state index in [1.54, 1.807) is 12.1 Å². The van der Waals surface area contributed by atoms with Gasteiger partial charge in [-0.05, 0) is 42.3 Å². The van der Waals surface area contributed by atoms with Crippen molar-refractivity contribution in [2.45, 2.75) is 13.0 Å². The number of hydrogen-bond acceptors (Lipinski definition) is 2. The second-order valence-corrected chi connectivity index (χ2v) is 4.87. The molecule has 104 valence electrons. The zero-order valence-electron chi connectivity index (χ0n) is 10.7. The van der Waals surface area contributed by atoms with Crippen LogP contribution in [0.5, 0.6) is 0 Å². The number of carboxylic acids is 1. The molecule has 3 nitrogen and oxygen atoms in total. The van der Waals surface area contributed by atoms with Crippen molar-refractivity contribution < 1.29 is 14.3 Å². The fraction of sp³-hybridized carbons (Fsp3) is 0.133. The molecule has 20 heavy (non-hydrogen) atoms. The molecule has 0 aliphatic rings. The third kappa shape index (κ3) is 3.27. The number of aryl methyl sites for hydroxylation is 1. The van der Waals surface area contributed by atoms with Crippen molar-refractivity contribution in [3.8, 4) is 0 Å². The van der Waals surface area contributed by atoms with Crippen LogP contribution >= 0.6 is 11.6 Å². The number of carboxylic acid groups (broad SMARTS) is 1. The SMILES string of the molecule is Cc1ccccc1NC(C(=O)O)c1cc(F)cc(Cl)c1. The minimum absolute atomic E-state index is 0.165. The van der Waals surface area contributed by atoms with E-state index in [4.69, 9.17) is 11.6 Å². The number of aliphatic carboxylic acids is 1. The zero-order chi connectivity index (χ0) is 14.7. The molecule has 0 amide bonds. The summed E-state index contributed by atoms with van der Waals surface area (Å²) in [5.41, 5.74) is 1.85. The summed E-state index contributed by atoms with van der Waals surface area (Å²) in [7, 11) is 0. The predicted octanol–water partition coefficient (Wildman–Crippen LogP) is 4.03. The molecular formula is C15H13ClFNO2. The van der Waals surface area contributed by atoms with Gasteiger partial charge in [-0.1, -0.05) is 29.8 Å². The van der Waals surface area contributed by atoms with Crippen LogP contribution in [0.25, 0.3) is 0 Å². The molecule has 0 aliphatic carbocycles. The molecular weight excluding hydrogens is 281 g/mol. The standard InChI is InChI=1S/C15H13ClFNO2/c1-9-4-2-3-5-13(9)18-14(15(19)20)10-6-11(16)8-12(17)7-10/h2-8,14,18H,1H3,(H,19,20). The molecule has 0 bridgehead atoms. The second-order valence-electron chi connectivity index (χ2n) is 4.43. The number of anilines is 1. The molecule has 1 unspecified atom stereocenters. The van der Waals surface area contributed by atoms with Crippen molar-refractivity contribution in [2.24, 2.45) is 0 Å². The van der Waals surface area contributed by atoms with Gasteiger partial charge in [-0.2, -0.15) is 0 Å². The van der Waals surface area contributed by atoms with Crippen LogP contribution < -0.4 is 5.32 Å². The summed E-state index contributed by atoms with van der Waals surface area (Å²) in [6, 6.07) is 9.96. The summed E-state index contributed by atoms with van der Waals surface area (Å²) >= 11 is 5.77. The van der Waals surface area contributed by atoms with Crippen LogP contribution in [0.4, 0.5) is 10.1 Å². The van der Waals surface area contributed by atoms with Crippen molar-refractivity contribution in [3.63, 3.8) is 0 Å². The van der Waals surface area contributed by atoms with Gasteiger partial charge < -0.3 is 10.4 Å². The number of halogens is 2. The fourth-order valence-corrected chi connectivity index (χ4v) is 2.15. The Bertz CT molecular complexity index is 625. The molecule has 0 spiro atoms. The normalized spacial score (nSPS) is 11.9. The molecule has 5 heteroatoms. The van der Waals surface area contributed by atoms with Crippen molar-refractivity contribution in [1.82, 2.24) is 0 Å². The van der Waals surface area contributed by atoms with Crippen LogP contribution in [0.1, 0.15) is 17.2 Å². The maximum atomic E-state index is 13.4. The van der Waals surface area contributed by atoms with E-state index < -0.39 is 17.8 Å². The third-order valence-electron chi connectivity index (χ3n) is 2.91. The number of nitrogens with one attached hydrogen (secondary N) is 1. The number of hydrogen-bond donors (Lipinski definition) is 2. The smallest absolute Gasteiger partial charge is 0.330 e. The molecule has 2 rings (SSSR count). The van der Waals surface area contributed by atoms with E-state index >= 15 is 0 Å². The molecule has 2 aromatic carbocycles. The van der Waals surface area contributed by atoms with Gasteiger partial charge >= 0.3 is 5.97 Å². The largest absolute Gasteiger partial charge is 0.479 e. The molecule has 0 aromatic heterocycles. The highest BCUT2D eigenvalue weighted by atomic mass is 35.5. The lowest BCUT2D eigenvalue weighted by Crippen LogP contribution is -2.21. The quantitative estimate of drug-likeness (QED) is 0.895. The van der Waals surface area contributed by atoms with Crippen LogP contribution in [0, 0.1) is 12.7 Å². The molecule has 0 radical (unpaired) electrons. The molecule has 0 heterocycles. The van der Waals surface area contributed by atoms with Crippen LogP contribution in [0.15, 0.2) is 42.5 Å². The lowest BCUT2D eigenvalue weighted by Gasteiger charge is -2.18. The van der Waals surface area contributed by atoms with Crippen LogP contribution in [0.2, 0.25) is 5.02 Å². The molecule has 0 saturated carbocycles. The summed E-state index contributed by atoms with van der Waals surface area (Å²) < 4.78 is 13.4. The number of para-hydroxylation sites is 1. The number of benzene rings is 2. The second kappa shape index (κ2) is 5.92. The Morgan fingerprint density at radius 2 is 2.00 bits per heavy atom. The molecule has 0 aliphatic heterocycles. The van der Waals surface area contributed by atoms with Crippen molar-refractivity contribution in [2.75, 3.05) is 5.32 Å². The van der Waals surface area contributed by atoms with E-state index in [1.807, 2.05) is 19.1 Å². The van der Waals surface area contributed by atoms with Crippen molar-refractivity contribution in [3.05, 3.63) is 64.4 Å². The topological polar surface area (TPSA) is 49.3 Å². The first-order valence-electron chi connectivity index (χ1n) is 5.98. The highest BCUT2D eigenvalue weighted by Crippen LogP contribution is 2.25. The summed E-state index contributed by atoms with van der Waals surface area (Å²) in [6.07, 6.45) is 0. The Morgan fingerprint density at radius 3 is 2.60 bits per heavy atom. The Morgan fingerprint density at radius 1 is 1.30 bits per heavy atom.